The van der Waals surface area contributed by atoms with Crippen LogP contribution >= 0.6 is 0 Å². The number of furan rings is 1. The third kappa shape index (κ3) is 10.0. The number of fused-ring (bicyclic) bond motifs is 4. The molecule has 0 amide bonds. The Morgan fingerprint density at radius 3 is 1.99 bits per heavy atom. The van der Waals surface area contributed by atoms with E-state index in [2.05, 4.69) is 196 Å². The number of pyridine rings is 2. The topological polar surface area (TPSA) is 56.7 Å². The fraction of sp³-hybridized carbons (Fsp3) is 0.266. The molecule has 0 atom stereocenters. The number of nitrogens with zero attached hydrogens (tertiary/aromatic N) is 4. The Balaban J connectivity index is 0.000000212. The molecule has 0 spiro atoms. The third-order valence-electron chi connectivity index (χ3n) is 13.6. The number of benzene rings is 6. The molecule has 0 saturated heterocycles. The molecular weight excluding hydrogens is 1060 g/mol. The Morgan fingerprint density at radius 2 is 1.37 bits per heavy atom. The van der Waals surface area contributed by atoms with Crippen LogP contribution in [0.15, 0.2) is 156 Å². The molecule has 0 bridgehead atoms. The van der Waals surface area contributed by atoms with Crippen molar-refractivity contribution in [3.05, 3.63) is 198 Å². The molecule has 10 rings (SSSR count). The van der Waals surface area contributed by atoms with Crippen LogP contribution in [-0.4, -0.2) is 27.6 Å². The van der Waals surface area contributed by atoms with E-state index in [4.69, 9.17) is 23.5 Å². The zero-order valence-corrected chi connectivity index (χ0v) is 46.5. The van der Waals surface area contributed by atoms with Gasteiger partial charge in [0.15, 0.2) is 0 Å². The molecule has 363 valence electrons. The van der Waals surface area contributed by atoms with Gasteiger partial charge >= 0.3 is 0 Å². The standard InChI is InChI=1S/C40H38N3O.C24H28NSi.Ir/c1-24(2)31-22-27(26-14-9-8-10-15-26)23-32(25(3)4)36(31)43-33-20-21-41-38(40(5,6)7)35(33)42-39(43)30-18-13-17-29-28-16-11-12-19-34(28)44-37(29)30;1-18-12-14-19(15-13-18)22-16-21(23(17-25-22)26(4,5)6)24(2,3)20-10-8-7-9-11-20;/h8-17,19-25H,1-7H3;7-14,16-17H,1-6H3;/q2*-1;/i;1D3;. The normalized spacial score (nSPS) is 13.0. The molecule has 0 aliphatic carbocycles. The second kappa shape index (κ2) is 20.1. The summed E-state index contributed by atoms with van der Waals surface area (Å²) in [6, 6.07) is 54.2. The molecule has 6 aromatic carbocycles. The molecule has 0 saturated carbocycles. The molecule has 1 radical (unpaired) electrons. The summed E-state index contributed by atoms with van der Waals surface area (Å²) in [5.41, 5.74) is 15.7. The van der Waals surface area contributed by atoms with Crippen LogP contribution < -0.4 is 5.19 Å². The molecule has 0 N–H and O–H groups in total. The van der Waals surface area contributed by atoms with E-state index < -0.39 is 14.9 Å². The molecule has 4 heterocycles. The first-order valence-corrected chi connectivity index (χ1v) is 28.1. The van der Waals surface area contributed by atoms with Gasteiger partial charge in [0.25, 0.3) is 0 Å². The minimum Gasteiger partial charge on any atom is -0.501 e. The van der Waals surface area contributed by atoms with Crippen molar-refractivity contribution < 1.29 is 28.6 Å². The summed E-state index contributed by atoms with van der Waals surface area (Å²) >= 11 is 0. The number of hydrogen-bond acceptors (Lipinski definition) is 4. The molecule has 10 aromatic rings. The smallest absolute Gasteiger partial charge is 0.120 e. The van der Waals surface area contributed by atoms with Crippen LogP contribution in [0, 0.1) is 19.0 Å². The summed E-state index contributed by atoms with van der Waals surface area (Å²) < 4.78 is 31.6. The first-order valence-electron chi connectivity index (χ1n) is 26.1. The molecule has 0 fully saturated rings. The third-order valence-corrected chi connectivity index (χ3v) is 15.6. The second-order valence-corrected chi connectivity index (χ2v) is 26.8. The minimum absolute atomic E-state index is 0. The van der Waals surface area contributed by atoms with Gasteiger partial charge in [-0.25, -0.2) is 0 Å². The molecule has 4 aromatic heterocycles. The minimum atomic E-state index is -2.12. The number of aryl methyl sites for hydroxylation is 1. The molecule has 0 aliphatic rings. The van der Waals surface area contributed by atoms with Gasteiger partial charge in [-0.15, -0.1) is 53.6 Å². The monoisotopic (exact) mass is 1130 g/mol. The maximum atomic E-state index is 7.56. The van der Waals surface area contributed by atoms with Crippen molar-refractivity contribution in [2.24, 2.45) is 0 Å². The Morgan fingerprint density at radius 1 is 0.704 bits per heavy atom. The Labute approximate surface area is 440 Å². The SMILES string of the molecule is CC(C)c1cc(-c2ccccc2)cc(C(C)C)c1-n1c(-c2[c-]ccc3c2oc2ccccc23)nc2c(C(C)(C)C)nccc21.[2H]C([2H])([2H])c1c[c-]c(-c2cc(C(C)(C)c3ccccc3)c([Si](C)(C)C)cn2)cc1.[Ir]. The quantitative estimate of drug-likeness (QED) is 0.107. The summed E-state index contributed by atoms with van der Waals surface area (Å²) in [5, 5.41) is 3.50. The van der Waals surface area contributed by atoms with Gasteiger partial charge in [0.05, 0.1) is 36.2 Å². The molecule has 0 aliphatic heterocycles. The van der Waals surface area contributed by atoms with Gasteiger partial charge in [0, 0.05) is 58.5 Å². The largest absolute Gasteiger partial charge is 0.501 e. The predicted octanol–water partition coefficient (Wildman–Crippen LogP) is 16.7. The zero-order valence-electron chi connectivity index (χ0n) is 46.1. The average molecular weight is 1130 g/mol. The number of imidazole rings is 1. The maximum absolute atomic E-state index is 7.56. The average Bonchev–Trinajstić information content (AvgIpc) is 3.94. The Hall–Kier alpha value is -6.24. The summed E-state index contributed by atoms with van der Waals surface area (Å²) in [7, 11) is -1.63. The number of hydrogen-bond donors (Lipinski definition) is 0. The Kier molecular flexibility index (Phi) is 13.3. The van der Waals surface area contributed by atoms with E-state index >= 15 is 0 Å². The summed E-state index contributed by atoms with van der Waals surface area (Å²) in [6.45, 7) is 25.1. The van der Waals surface area contributed by atoms with E-state index in [9.17, 15) is 0 Å². The maximum Gasteiger partial charge on any atom is 0.120 e. The number of rotatable bonds is 9. The van der Waals surface area contributed by atoms with Crippen LogP contribution in [0.4, 0.5) is 0 Å². The van der Waals surface area contributed by atoms with Gasteiger partial charge in [-0.05, 0) is 80.4 Å². The fourth-order valence-corrected chi connectivity index (χ4v) is 11.4. The summed E-state index contributed by atoms with van der Waals surface area (Å²) in [5.74, 6) is 1.36. The fourth-order valence-electron chi connectivity index (χ4n) is 9.73. The molecule has 0 unspecified atom stereocenters. The summed E-state index contributed by atoms with van der Waals surface area (Å²) in [4.78, 5) is 15.1. The van der Waals surface area contributed by atoms with Crippen molar-refractivity contribution in [2.75, 3.05) is 0 Å². The van der Waals surface area contributed by atoms with E-state index in [-0.39, 0.29) is 42.8 Å². The van der Waals surface area contributed by atoms with Crippen molar-refractivity contribution in [3.8, 4) is 39.5 Å². The van der Waals surface area contributed by atoms with E-state index in [1.807, 2.05) is 36.7 Å². The van der Waals surface area contributed by atoms with Crippen molar-refractivity contribution in [2.45, 2.75) is 111 Å². The van der Waals surface area contributed by atoms with E-state index in [1.54, 1.807) is 18.2 Å². The van der Waals surface area contributed by atoms with Gasteiger partial charge in [0.2, 0.25) is 0 Å². The van der Waals surface area contributed by atoms with E-state index in [0.717, 1.165) is 61.3 Å². The molecule has 5 nitrogen and oxygen atoms in total. The van der Waals surface area contributed by atoms with Crippen LogP contribution in [0.25, 0.3) is 72.4 Å². The number of aromatic nitrogens is 4. The van der Waals surface area contributed by atoms with Gasteiger partial charge in [-0.2, -0.15) is 0 Å². The van der Waals surface area contributed by atoms with Crippen molar-refractivity contribution in [1.29, 1.82) is 0 Å². The van der Waals surface area contributed by atoms with Gasteiger partial charge in [-0.3, -0.25) is 9.97 Å². The van der Waals surface area contributed by atoms with Crippen molar-refractivity contribution in [1.82, 2.24) is 19.5 Å². The zero-order chi connectivity index (χ0) is 52.2. The van der Waals surface area contributed by atoms with Crippen LogP contribution in [-0.2, 0) is 30.9 Å². The Bertz CT molecular complexity index is 3570. The first-order chi connectivity index (χ1) is 34.5. The van der Waals surface area contributed by atoms with Gasteiger partial charge in [0.1, 0.15) is 5.58 Å². The van der Waals surface area contributed by atoms with Gasteiger partial charge < -0.3 is 14.0 Å². The predicted molar refractivity (Wildman–Crippen MR) is 298 cm³/mol. The molecular formula is C64H66IrN4OSi-2. The van der Waals surface area contributed by atoms with Crippen LogP contribution in [0.2, 0.25) is 19.6 Å². The van der Waals surface area contributed by atoms with Gasteiger partial charge in [-0.1, -0.05) is 185 Å². The van der Waals surface area contributed by atoms with Crippen molar-refractivity contribution >= 4 is 46.2 Å². The first kappa shape index (κ1) is 47.1. The summed E-state index contributed by atoms with van der Waals surface area (Å²) in [6.07, 6.45) is 3.95. The number of para-hydroxylation sites is 1. The van der Waals surface area contributed by atoms with Crippen LogP contribution in [0.1, 0.15) is 112 Å². The van der Waals surface area contributed by atoms with E-state index in [1.165, 1.54) is 44.3 Å². The van der Waals surface area contributed by atoms with E-state index in [0.29, 0.717) is 5.56 Å². The van der Waals surface area contributed by atoms with Crippen molar-refractivity contribution in [3.63, 3.8) is 0 Å². The second-order valence-electron chi connectivity index (χ2n) is 21.8. The molecule has 7 heteroatoms. The van der Waals surface area contributed by atoms with Crippen LogP contribution in [0.3, 0.4) is 0 Å². The van der Waals surface area contributed by atoms with Crippen LogP contribution in [0.5, 0.6) is 0 Å². The molecule has 71 heavy (non-hydrogen) atoms.